The normalized spacial score (nSPS) is 17.2. The predicted molar refractivity (Wildman–Crippen MR) is 114 cm³/mol. The molecule has 0 radical (unpaired) electrons. The summed E-state index contributed by atoms with van der Waals surface area (Å²) in [5.41, 5.74) is 3.50. The van der Waals surface area contributed by atoms with E-state index in [0.29, 0.717) is 12.8 Å². The molecule has 0 spiro atoms. The molecule has 29 heavy (non-hydrogen) atoms. The second-order valence-electron chi connectivity index (χ2n) is 8.24. The maximum Gasteiger partial charge on any atom is 0.231 e. The van der Waals surface area contributed by atoms with E-state index in [-0.39, 0.29) is 18.7 Å². The molecule has 0 saturated carbocycles. The number of piperidine rings is 1. The van der Waals surface area contributed by atoms with Crippen LogP contribution in [0.5, 0.6) is 11.5 Å². The van der Waals surface area contributed by atoms with Crippen LogP contribution in [0.4, 0.5) is 5.69 Å². The third-order valence-electron chi connectivity index (χ3n) is 6.00. The van der Waals surface area contributed by atoms with Crippen LogP contribution in [0.3, 0.4) is 0 Å². The lowest BCUT2D eigenvalue weighted by atomic mass is 9.98. The Labute approximate surface area is 173 Å². The van der Waals surface area contributed by atoms with Crippen molar-refractivity contribution in [3.05, 3.63) is 53.6 Å². The fourth-order valence-electron chi connectivity index (χ4n) is 3.99. The standard InChI is InChI=1S/C24H30N2O3/c1-17-11-13-26(14-12-17)21-7-5-20(6-8-21)18(2)25-24(27)10-4-19-3-9-22-23(15-19)29-16-28-22/h3,5-9,15,17-18H,4,10-14,16H2,1-2H3,(H,25,27)/t18-/m1/s1. The predicted octanol–water partition coefficient (Wildman–Crippen LogP) is 4.46. The van der Waals surface area contributed by atoms with Gasteiger partial charge < -0.3 is 19.7 Å². The van der Waals surface area contributed by atoms with Gasteiger partial charge in [0.1, 0.15) is 0 Å². The van der Waals surface area contributed by atoms with Gasteiger partial charge in [0.05, 0.1) is 6.04 Å². The fraction of sp³-hybridized carbons (Fsp3) is 0.458. The highest BCUT2D eigenvalue weighted by atomic mass is 16.7. The Morgan fingerprint density at radius 2 is 1.83 bits per heavy atom. The number of hydrogen-bond donors (Lipinski definition) is 1. The summed E-state index contributed by atoms with van der Waals surface area (Å²) in [5, 5.41) is 3.12. The highest BCUT2D eigenvalue weighted by molar-refractivity contribution is 5.76. The van der Waals surface area contributed by atoms with Gasteiger partial charge in [-0.3, -0.25) is 4.79 Å². The minimum absolute atomic E-state index is 0.00492. The Morgan fingerprint density at radius 3 is 2.59 bits per heavy atom. The number of nitrogens with one attached hydrogen (secondary N) is 1. The SMILES string of the molecule is CC1CCN(c2ccc([C@@H](C)NC(=O)CCc3ccc4c(c3)OCO4)cc2)CC1. The molecule has 0 unspecified atom stereocenters. The lowest BCUT2D eigenvalue weighted by Gasteiger charge is -2.32. The Hall–Kier alpha value is -2.69. The number of rotatable bonds is 6. The summed E-state index contributed by atoms with van der Waals surface area (Å²) >= 11 is 0. The molecule has 5 heteroatoms. The lowest BCUT2D eigenvalue weighted by molar-refractivity contribution is -0.121. The number of benzene rings is 2. The molecule has 154 valence electrons. The van der Waals surface area contributed by atoms with Gasteiger partial charge in [-0.15, -0.1) is 0 Å². The van der Waals surface area contributed by atoms with Crippen LogP contribution in [-0.4, -0.2) is 25.8 Å². The molecule has 1 saturated heterocycles. The zero-order chi connectivity index (χ0) is 20.2. The average molecular weight is 395 g/mol. The van der Waals surface area contributed by atoms with Gasteiger partial charge in [-0.1, -0.05) is 25.1 Å². The first-order valence-electron chi connectivity index (χ1n) is 10.6. The van der Waals surface area contributed by atoms with Crippen molar-refractivity contribution < 1.29 is 14.3 Å². The van der Waals surface area contributed by atoms with Crippen LogP contribution in [0.15, 0.2) is 42.5 Å². The van der Waals surface area contributed by atoms with E-state index < -0.39 is 0 Å². The van der Waals surface area contributed by atoms with Crippen LogP contribution >= 0.6 is 0 Å². The first kappa shape index (κ1) is 19.6. The van der Waals surface area contributed by atoms with E-state index in [2.05, 4.69) is 41.4 Å². The molecule has 0 aliphatic carbocycles. The van der Waals surface area contributed by atoms with Gasteiger partial charge in [-0.2, -0.15) is 0 Å². The van der Waals surface area contributed by atoms with E-state index in [1.807, 2.05) is 25.1 Å². The summed E-state index contributed by atoms with van der Waals surface area (Å²) in [7, 11) is 0. The second-order valence-corrected chi connectivity index (χ2v) is 8.24. The third-order valence-corrected chi connectivity index (χ3v) is 6.00. The summed E-state index contributed by atoms with van der Waals surface area (Å²) in [6.07, 6.45) is 3.66. The second kappa shape index (κ2) is 8.76. The van der Waals surface area contributed by atoms with Crippen LogP contribution in [0.25, 0.3) is 0 Å². The van der Waals surface area contributed by atoms with Crippen molar-refractivity contribution >= 4 is 11.6 Å². The maximum absolute atomic E-state index is 12.4. The molecule has 2 aliphatic heterocycles. The van der Waals surface area contributed by atoms with Gasteiger partial charge in [0.15, 0.2) is 11.5 Å². The monoisotopic (exact) mass is 394 g/mol. The van der Waals surface area contributed by atoms with Crippen LogP contribution in [0.1, 0.15) is 50.3 Å². The number of aryl methyl sites for hydroxylation is 1. The van der Waals surface area contributed by atoms with Crippen LogP contribution in [0.2, 0.25) is 0 Å². The smallest absolute Gasteiger partial charge is 0.231 e. The van der Waals surface area contributed by atoms with Crippen molar-refractivity contribution in [2.75, 3.05) is 24.8 Å². The van der Waals surface area contributed by atoms with E-state index in [1.54, 1.807) is 0 Å². The fourth-order valence-corrected chi connectivity index (χ4v) is 3.99. The van der Waals surface area contributed by atoms with Crippen LogP contribution in [0, 0.1) is 5.92 Å². The van der Waals surface area contributed by atoms with E-state index in [0.717, 1.165) is 41.6 Å². The molecule has 5 nitrogen and oxygen atoms in total. The number of ether oxygens (including phenoxy) is 2. The van der Waals surface area contributed by atoms with Gasteiger partial charge in [0, 0.05) is 25.2 Å². The number of carbonyl (C=O) groups is 1. The Kier molecular flexibility index (Phi) is 5.93. The topological polar surface area (TPSA) is 50.8 Å². The van der Waals surface area contributed by atoms with Crippen molar-refractivity contribution in [3.8, 4) is 11.5 Å². The summed E-state index contributed by atoms with van der Waals surface area (Å²) in [5.74, 6) is 2.43. The molecule has 4 rings (SSSR count). The van der Waals surface area contributed by atoms with Crippen LogP contribution < -0.4 is 19.7 Å². The molecule has 1 amide bonds. The number of fused-ring (bicyclic) bond motifs is 1. The number of carbonyl (C=O) groups excluding carboxylic acids is 1. The highest BCUT2D eigenvalue weighted by Gasteiger charge is 2.17. The summed E-state index contributed by atoms with van der Waals surface area (Å²) in [6.45, 7) is 6.90. The largest absolute Gasteiger partial charge is 0.454 e. The van der Waals surface area contributed by atoms with Crippen molar-refractivity contribution in [3.63, 3.8) is 0 Å². The van der Waals surface area contributed by atoms with Crippen molar-refractivity contribution in [1.29, 1.82) is 0 Å². The van der Waals surface area contributed by atoms with Gasteiger partial charge in [-0.05, 0) is 67.5 Å². The molecular weight excluding hydrogens is 364 g/mol. The number of hydrogen-bond acceptors (Lipinski definition) is 4. The molecule has 0 bridgehead atoms. The van der Waals surface area contributed by atoms with Gasteiger partial charge in [-0.25, -0.2) is 0 Å². The van der Waals surface area contributed by atoms with Crippen molar-refractivity contribution in [2.24, 2.45) is 5.92 Å². The average Bonchev–Trinajstić information content (AvgIpc) is 3.21. The van der Waals surface area contributed by atoms with Crippen molar-refractivity contribution in [1.82, 2.24) is 5.32 Å². The molecule has 1 atom stereocenters. The molecule has 0 aromatic heterocycles. The minimum atomic E-state index is -0.00492. The molecule has 1 N–H and O–H groups in total. The molecule has 2 aromatic carbocycles. The zero-order valence-electron chi connectivity index (χ0n) is 17.3. The van der Waals surface area contributed by atoms with Gasteiger partial charge in [0.25, 0.3) is 0 Å². The van der Waals surface area contributed by atoms with E-state index >= 15 is 0 Å². The van der Waals surface area contributed by atoms with Crippen LogP contribution in [-0.2, 0) is 11.2 Å². The molecule has 2 aromatic rings. The summed E-state index contributed by atoms with van der Waals surface area (Å²) in [4.78, 5) is 14.9. The highest BCUT2D eigenvalue weighted by Crippen LogP contribution is 2.32. The third kappa shape index (κ3) is 4.84. The molecule has 1 fully saturated rings. The number of anilines is 1. The lowest BCUT2D eigenvalue weighted by Crippen LogP contribution is -2.32. The summed E-state index contributed by atoms with van der Waals surface area (Å²) in [6, 6.07) is 14.5. The van der Waals surface area contributed by atoms with E-state index in [4.69, 9.17) is 9.47 Å². The first-order chi connectivity index (χ1) is 14.1. The number of amides is 1. The first-order valence-corrected chi connectivity index (χ1v) is 10.6. The number of nitrogens with zero attached hydrogens (tertiary/aromatic N) is 1. The summed E-state index contributed by atoms with van der Waals surface area (Å²) < 4.78 is 10.7. The maximum atomic E-state index is 12.4. The zero-order valence-corrected chi connectivity index (χ0v) is 17.3. The quantitative estimate of drug-likeness (QED) is 0.786. The molecule has 2 aliphatic rings. The Balaban J connectivity index is 1.27. The van der Waals surface area contributed by atoms with E-state index in [1.165, 1.54) is 18.5 Å². The Bertz CT molecular complexity index is 842. The van der Waals surface area contributed by atoms with Gasteiger partial charge in [0.2, 0.25) is 12.7 Å². The van der Waals surface area contributed by atoms with Crippen molar-refractivity contribution in [2.45, 2.75) is 45.6 Å². The Morgan fingerprint density at radius 1 is 1.10 bits per heavy atom. The molecule has 2 heterocycles. The van der Waals surface area contributed by atoms with E-state index in [9.17, 15) is 4.79 Å². The van der Waals surface area contributed by atoms with Gasteiger partial charge >= 0.3 is 0 Å². The molecular formula is C24H30N2O3. The minimum Gasteiger partial charge on any atom is -0.454 e.